The van der Waals surface area contributed by atoms with Crippen LogP contribution in [0.15, 0.2) is 134 Å². The number of likely N-dealkylation sites (N-methyl/N-ethyl adjacent to an activating group) is 1. The van der Waals surface area contributed by atoms with Crippen molar-refractivity contribution < 1.29 is 37.3 Å². The van der Waals surface area contributed by atoms with Gasteiger partial charge in [0.1, 0.15) is 19.3 Å². The van der Waals surface area contributed by atoms with Crippen molar-refractivity contribution >= 4 is 19.7 Å². The van der Waals surface area contributed by atoms with Gasteiger partial charge < -0.3 is 19.4 Å². The second-order valence-corrected chi connectivity index (χ2v) is 25.8. The molecule has 0 aliphatic heterocycles. The van der Waals surface area contributed by atoms with E-state index in [1.54, 1.807) is 0 Å². The highest BCUT2D eigenvalue weighted by atomic mass is 31.2. The topological polar surface area (TPSA) is 111 Å². The van der Waals surface area contributed by atoms with Gasteiger partial charge in [0.2, 0.25) is 5.91 Å². The molecule has 0 heterocycles. The van der Waals surface area contributed by atoms with E-state index in [0.717, 1.165) is 135 Å². The van der Waals surface area contributed by atoms with Crippen molar-refractivity contribution in [3.63, 3.8) is 0 Å². The van der Waals surface area contributed by atoms with Crippen LogP contribution < -0.4 is 5.32 Å². The number of unbranched alkanes of at least 4 members (excludes halogenated alkanes) is 26. The summed E-state index contributed by atoms with van der Waals surface area (Å²) in [5.74, 6) is -0.546. The molecule has 9 nitrogen and oxygen atoms in total. The second kappa shape index (κ2) is 64.1. The SMILES string of the molecule is CC/C=C\C/C=C\C/C=C\C/C=C\C/C=C\C/C=C\CCCCCCC(=O)NC(COP(=O)(O)OCC[N+](C)(C)C)C(/C=C/CCCCCCCCCCCC)OC(=O)CCCCCCCCCCC/C=C\C/C=C\C/C=C\C/C=C\CCCCC. The standard InChI is InChI=1S/C76H131N2O7P/c1-7-10-13-16-19-22-25-28-30-32-34-36-38-39-41-43-45-47-49-51-54-57-60-63-66-69-76(80)85-74(67-64-61-58-55-52-27-24-21-18-15-12-9-3)73(72-84-86(81,82)83-71-70-78(4,5)6)77-75(79)68-65-62-59-56-53-50-48-46-44-42-40-37-35-33-31-29-26-23-20-17-14-11-8-2/h11,14,19-20,22-23,28-31,34-37,39,41-42,44,48,50,64,67,73-74H,7-10,12-13,15-18,21,24-27,32-33,38,40,43,45-47,49,51-63,65-66,68-72H2,1-6H3,(H-,77,79,81,82)/p+1/b14-11-,22-19-,23-20-,30-28-,31-29-,36-34-,37-35-,41-39-,44-42-,50-48-,67-64+. The van der Waals surface area contributed by atoms with Crippen LogP contribution in [0.4, 0.5) is 0 Å². The van der Waals surface area contributed by atoms with Crippen LogP contribution in [0.1, 0.15) is 284 Å². The van der Waals surface area contributed by atoms with Crippen LogP contribution >= 0.6 is 7.82 Å². The highest BCUT2D eigenvalue weighted by molar-refractivity contribution is 7.47. The highest BCUT2D eigenvalue weighted by Gasteiger charge is 2.30. The van der Waals surface area contributed by atoms with Gasteiger partial charge in [0.15, 0.2) is 0 Å². The summed E-state index contributed by atoms with van der Waals surface area (Å²) in [6.07, 6.45) is 91.7. The third kappa shape index (κ3) is 64.6. The molecule has 0 saturated carbocycles. The van der Waals surface area contributed by atoms with Gasteiger partial charge in [-0.3, -0.25) is 18.6 Å². The molecular formula is C76H132N2O7P+. The van der Waals surface area contributed by atoms with E-state index in [-0.39, 0.29) is 31.5 Å². The molecule has 3 atom stereocenters. The molecule has 0 bridgehead atoms. The summed E-state index contributed by atoms with van der Waals surface area (Å²) in [6.45, 7) is 6.84. The molecule has 0 saturated heterocycles. The first-order valence-electron chi connectivity index (χ1n) is 35.0. The Bertz CT molecular complexity index is 1930. The number of ether oxygens (including phenoxy) is 1. The minimum absolute atomic E-state index is 0.0267. The molecule has 0 radical (unpaired) electrons. The summed E-state index contributed by atoms with van der Waals surface area (Å²) < 4.78 is 30.8. The first-order valence-corrected chi connectivity index (χ1v) is 36.5. The van der Waals surface area contributed by atoms with Gasteiger partial charge in [-0.05, 0) is 128 Å². The number of amides is 1. The number of rotatable bonds is 62. The van der Waals surface area contributed by atoms with E-state index in [1.807, 2.05) is 33.3 Å². The maximum Gasteiger partial charge on any atom is 0.472 e. The number of allylic oxidation sites excluding steroid dienone is 21. The first kappa shape index (κ1) is 82.1. The van der Waals surface area contributed by atoms with Crippen LogP contribution in [0.3, 0.4) is 0 Å². The van der Waals surface area contributed by atoms with E-state index < -0.39 is 20.0 Å². The molecule has 86 heavy (non-hydrogen) atoms. The molecule has 10 heteroatoms. The average Bonchev–Trinajstić information content (AvgIpc) is 3.66. The van der Waals surface area contributed by atoms with Crippen molar-refractivity contribution in [1.82, 2.24) is 5.32 Å². The fourth-order valence-corrected chi connectivity index (χ4v) is 10.2. The smallest absolute Gasteiger partial charge is 0.456 e. The van der Waals surface area contributed by atoms with E-state index in [2.05, 4.69) is 148 Å². The number of carbonyl (C=O) groups excluding carboxylic acids is 2. The zero-order valence-electron chi connectivity index (χ0n) is 56.3. The van der Waals surface area contributed by atoms with Gasteiger partial charge in [-0.25, -0.2) is 4.57 Å². The fourth-order valence-electron chi connectivity index (χ4n) is 9.46. The summed E-state index contributed by atoms with van der Waals surface area (Å²) in [5, 5.41) is 3.05. The largest absolute Gasteiger partial charge is 0.472 e. The summed E-state index contributed by atoms with van der Waals surface area (Å²) in [6, 6.07) is -0.876. The molecule has 1 amide bonds. The maximum atomic E-state index is 13.6. The van der Waals surface area contributed by atoms with Crippen molar-refractivity contribution in [3.05, 3.63) is 134 Å². The van der Waals surface area contributed by atoms with E-state index in [9.17, 15) is 19.0 Å². The summed E-state index contributed by atoms with van der Waals surface area (Å²) >= 11 is 0. The van der Waals surface area contributed by atoms with Gasteiger partial charge >= 0.3 is 13.8 Å². The van der Waals surface area contributed by atoms with Crippen molar-refractivity contribution in [1.29, 1.82) is 0 Å². The monoisotopic (exact) mass is 1220 g/mol. The Morgan fingerprint density at radius 1 is 0.419 bits per heavy atom. The average molecular weight is 1220 g/mol. The third-order valence-corrected chi connectivity index (χ3v) is 15.8. The third-order valence-electron chi connectivity index (χ3n) is 14.8. The minimum Gasteiger partial charge on any atom is -0.456 e. The molecule has 0 aromatic heterocycles. The Kier molecular flexibility index (Phi) is 61.3. The van der Waals surface area contributed by atoms with Crippen LogP contribution in [0.5, 0.6) is 0 Å². The van der Waals surface area contributed by atoms with Crippen LogP contribution in [0.2, 0.25) is 0 Å². The first-order chi connectivity index (χ1) is 41.9. The van der Waals surface area contributed by atoms with Gasteiger partial charge in [-0.1, -0.05) is 277 Å². The van der Waals surface area contributed by atoms with Gasteiger partial charge in [0.25, 0.3) is 0 Å². The molecule has 0 aliphatic carbocycles. The number of esters is 1. The number of nitrogens with zero attached hydrogens (tertiary/aromatic N) is 1. The van der Waals surface area contributed by atoms with Gasteiger partial charge in [0.05, 0.1) is 33.8 Å². The Morgan fingerprint density at radius 2 is 0.744 bits per heavy atom. The van der Waals surface area contributed by atoms with Crippen molar-refractivity contribution in [3.8, 4) is 0 Å². The predicted octanol–water partition coefficient (Wildman–Crippen LogP) is 22.4. The minimum atomic E-state index is -4.47. The highest BCUT2D eigenvalue weighted by Crippen LogP contribution is 2.43. The molecule has 0 fully saturated rings. The van der Waals surface area contributed by atoms with Crippen LogP contribution in [-0.4, -0.2) is 74.3 Å². The Balaban J connectivity index is 5.18. The zero-order chi connectivity index (χ0) is 62.8. The molecule has 0 aromatic carbocycles. The second-order valence-electron chi connectivity index (χ2n) is 24.3. The molecular weight excluding hydrogens is 1080 g/mol. The van der Waals surface area contributed by atoms with Gasteiger partial charge in [-0.2, -0.15) is 0 Å². The van der Waals surface area contributed by atoms with Crippen LogP contribution in [0.25, 0.3) is 0 Å². The number of hydrogen-bond acceptors (Lipinski definition) is 6. The molecule has 0 aliphatic rings. The van der Waals surface area contributed by atoms with Crippen LogP contribution in [0, 0.1) is 0 Å². The Hall–Kier alpha value is -3.85. The lowest BCUT2D eigenvalue weighted by Crippen LogP contribution is -2.47. The lowest BCUT2D eigenvalue weighted by molar-refractivity contribution is -0.870. The number of phosphoric acid groups is 1. The van der Waals surface area contributed by atoms with E-state index >= 15 is 0 Å². The summed E-state index contributed by atoms with van der Waals surface area (Å²) in [7, 11) is 1.46. The fraction of sp³-hybridized carbons (Fsp3) is 0.684. The van der Waals surface area contributed by atoms with Crippen molar-refractivity contribution in [2.24, 2.45) is 0 Å². The zero-order valence-corrected chi connectivity index (χ0v) is 57.2. The van der Waals surface area contributed by atoms with Gasteiger partial charge in [0, 0.05) is 12.8 Å². The lowest BCUT2D eigenvalue weighted by atomic mass is 10.0. The van der Waals surface area contributed by atoms with Crippen LogP contribution in [-0.2, 0) is 27.9 Å². The molecule has 2 N–H and O–H groups in total. The van der Waals surface area contributed by atoms with Gasteiger partial charge in [-0.15, -0.1) is 0 Å². The number of carbonyl (C=O) groups is 2. The molecule has 3 unspecified atom stereocenters. The van der Waals surface area contributed by atoms with E-state index in [1.165, 1.54) is 109 Å². The number of quaternary nitrogens is 1. The lowest BCUT2D eigenvalue weighted by Gasteiger charge is -2.27. The Morgan fingerprint density at radius 3 is 1.14 bits per heavy atom. The number of nitrogens with one attached hydrogen (secondary N) is 1. The molecule has 0 aromatic rings. The molecule has 0 spiro atoms. The van der Waals surface area contributed by atoms with Crippen molar-refractivity contribution in [2.45, 2.75) is 296 Å². The number of phosphoric ester groups is 1. The molecule has 0 rings (SSSR count). The Labute approximate surface area is 530 Å². The van der Waals surface area contributed by atoms with Crippen molar-refractivity contribution in [2.75, 3.05) is 40.9 Å². The summed E-state index contributed by atoms with van der Waals surface area (Å²) in [5.41, 5.74) is 0. The van der Waals surface area contributed by atoms with E-state index in [0.29, 0.717) is 23.9 Å². The predicted molar refractivity (Wildman–Crippen MR) is 373 cm³/mol. The quantitative estimate of drug-likeness (QED) is 0.0205. The van der Waals surface area contributed by atoms with E-state index in [4.69, 9.17) is 13.8 Å². The normalized spacial score (nSPS) is 14.4. The molecule has 492 valence electrons. The summed E-state index contributed by atoms with van der Waals surface area (Å²) in [4.78, 5) is 37.9. The number of hydrogen-bond donors (Lipinski definition) is 2. The maximum absolute atomic E-state index is 13.6.